The molecule has 0 unspecified atom stereocenters. The van der Waals surface area contributed by atoms with E-state index in [4.69, 9.17) is 9.15 Å². The lowest BCUT2D eigenvalue weighted by Gasteiger charge is -2.10. The Balaban J connectivity index is 1.84. The van der Waals surface area contributed by atoms with E-state index in [0.29, 0.717) is 16.9 Å². The maximum absolute atomic E-state index is 13.5. The molecular weight excluding hydrogens is 400 g/mol. The molecule has 3 aromatic carbocycles. The fourth-order valence-corrected chi connectivity index (χ4v) is 4.26. The Morgan fingerprint density at radius 3 is 2.44 bits per heavy atom. The number of anilines is 2. The summed E-state index contributed by atoms with van der Waals surface area (Å²) in [7, 11) is 3.43. The zero-order chi connectivity index (χ0) is 22.4. The summed E-state index contributed by atoms with van der Waals surface area (Å²) in [5.74, 6) is 1.30. The van der Waals surface area contributed by atoms with Crippen LogP contribution in [-0.4, -0.2) is 11.7 Å². The Kier molecular flexibility index (Phi) is 4.74. The van der Waals surface area contributed by atoms with Crippen LogP contribution in [0.1, 0.15) is 11.1 Å². The van der Waals surface area contributed by atoms with Gasteiger partial charge in [0.1, 0.15) is 5.75 Å². The predicted octanol–water partition coefficient (Wildman–Crippen LogP) is 6.32. The molecule has 2 aromatic heterocycles. The van der Waals surface area contributed by atoms with E-state index in [1.807, 2.05) is 54.6 Å². The molecule has 5 aromatic rings. The maximum atomic E-state index is 13.5. The van der Waals surface area contributed by atoms with Crippen LogP contribution in [0.3, 0.4) is 0 Å². The van der Waals surface area contributed by atoms with Crippen molar-refractivity contribution in [2.45, 2.75) is 13.8 Å². The van der Waals surface area contributed by atoms with E-state index in [1.165, 1.54) is 5.56 Å². The van der Waals surface area contributed by atoms with Gasteiger partial charge in [-0.3, -0.25) is 4.79 Å². The lowest BCUT2D eigenvalue weighted by Crippen LogP contribution is -2.17. The van der Waals surface area contributed by atoms with Gasteiger partial charge in [-0.05, 0) is 55.3 Å². The number of fused-ring (bicyclic) bond motifs is 3. The van der Waals surface area contributed by atoms with Gasteiger partial charge in [-0.1, -0.05) is 42.0 Å². The molecule has 0 atom stereocenters. The molecule has 0 amide bonds. The number of rotatable bonds is 4. The number of methoxy groups -OCH3 is 1. The molecule has 0 aliphatic rings. The SMILES string of the molecule is COc1ccc(-c2c(Nc3ccc(C)cc3C)oc3c2c(=O)n(C)c2ccccc32)cc1. The quantitative estimate of drug-likeness (QED) is 0.367. The van der Waals surface area contributed by atoms with E-state index in [1.54, 1.807) is 18.7 Å². The number of furan rings is 1. The van der Waals surface area contributed by atoms with Gasteiger partial charge in [-0.2, -0.15) is 0 Å². The fraction of sp³-hybridized carbons (Fsp3) is 0.148. The maximum Gasteiger partial charge on any atom is 0.262 e. The monoisotopic (exact) mass is 424 g/mol. The third kappa shape index (κ3) is 3.14. The van der Waals surface area contributed by atoms with Gasteiger partial charge in [0.25, 0.3) is 5.56 Å². The van der Waals surface area contributed by atoms with Crippen molar-refractivity contribution < 1.29 is 9.15 Å². The minimum atomic E-state index is -0.0954. The number of aryl methyl sites for hydroxylation is 3. The van der Waals surface area contributed by atoms with E-state index < -0.39 is 0 Å². The third-order valence-electron chi connectivity index (χ3n) is 5.95. The van der Waals surface area contributed by atoms with Gasteiger partial charge in [0.05, 0.1) is 23.6 Å². The van der Waals surface area contributed by atoms with Crippen molar-refractivity contribution in [1.82, 2.24) is 4.57 Å². The molecule has 2 heterocycles. The van der Waals surface area contributed by atoms with Crippen molar-refractivity contribution >= 4 is 33.4 Å². The Bertz CT molecular complexity index is 1530. The number of hydrogen-bond donors (Lipinski definition) is 1. The summed E-state index contributed by atoms with van der Waals surface area (Å²) in [5.41, 5.74) is 6.17. The predicted molar refractivity (Wildman–Crippen MR) is 130 cm³/mol. The van der Waals surface area contributed by atoms with Gasteiger partial charge in [0, 0.05) is 18.1 Å². The van der Waals surface area contributed by atoms with E-state index in [9.17, 15) is 4.79 Å². The molecule has 160 valence electrons. The standard InChI is InChI=1S/C27H24N2O3/c1-16-9-14-21(17(2)15-16)28-26-23(18-10-12-19(31-4)13-11-18)24-25(32-26)20-7-5-6-8-22(20)29(3)27(24)30/h5-15,28H,1-4H3. The second-order valence-electron chi connectivity index (χ2n) is 8.06. The highest BCUT2D eigenvalue weighted by atomic mass is 16.5. The van der Waals surface area contributed by atoms with Crippen LogP contribution in [0.4, 0.5) is 11.6 Å². The van der Waals surface area contributed by atoms with Crippen LogP contribution in [0.15, 0.2) is 75.9 Å². The number of nitrogens with zero attached hydrogens (tertiary/aromatic N) is 1. The van der Waals surface area contributed by atoms with Gasteiger partial charge in [0.15, 0.2) is 5.58 Å². The number of benzene rings is 3. The fourth-order valence-electron chi connectivity index (χ4n) is 4.26. The van der Waals surface area contributed by atoms with Crippen molar-refractivity contribution in [2.24, 2.45) is 7.05 Å². The van der Waals surface area contributed by atoms with Crippen molar-refractivity contribution in [2.75, 3.05) is 12.4 Å². The molecule has 0 fully saturated rings. The summed E-state index contributed by atoms with van der Waals surface area (Å²) in [5, 5.41) is 4.91. The van der Waals surface area contributed by atoms with Crippen LogP contribution >= 0.6 is 0 Å². The molecule has 0 radical (unpaired) electrons. The molecule has 0 spiro atoms. The first-order chi connectivity index (χ1) is 15.5. The van der Waals surface area contributed by atoms with E-state index in [-0.39, 0.29) is 5.56 Å². The van der Waals surface area contributed by atoms with Crippen molar-refractivity contribution in [3.8, 4) is 16.9 Å². The molecule has 0 saturated carbocycles. The molecule has 32 heavy (non-hydrogen) atoms. The van der Waals surface area contributed by atoms with Crippen LogP contribution in [0.5, 0.6) is 5.75 Å². The summed E-state index contributed by atoms with van der Waals surface area (Å²) < 4.78 is 13.4. The lowest BCUT2D eigenvalue weighted by molar-refractivity contribution is 0.415. The largest absolute Gasteiger partial charge is 0.497 e. The third-order valence-corrected chi connectivity index (χ3v) is 5.95. The minimum Gasteiger partial charge on any atom is -0.497 e. The molecule has 0 aliphatic carbocycles. The molecule has 1 N–H and O–H groups in total. The summed E-state index contributed by atoms with van der Waals surface area (Å²) in [6.45, 7) is 4.12. The van der Waals surface area contributed by atoms with Crippen molar-refractivity contribution in [3.05, 3.63) is 88.2 Å². The highest BCUT2D eigenvalue weighted by Crippen LogP contribution is 2.41. The zero-order valence-electron chi connectivity index (χ0n) is 18.5. The smallest absolute Gasteiger partial charge is 0.262 e. The van der Waals surface area contributed by atoms with E-state index >= 15 is 0 Å². The second kappa shape index (κ2) is 7.61. The van der Waals surface area contributed by atoms with Crippen molar-refractivity contribution in [3.63, 3.8) is 0 Å². The van der Waals surface area contributed by atoms with Crippen LogP contribution in [0.2, 0.25) is 0 Å². The van der Waals surface area contributed by atoms with Gasteiger partial charge < -0.3 is 19.0 Å². The first-order valence-electron chi connectivity index (χ1n) is 10.5. The zero-order valence-corrected chi connectivity index (χ0v) is 18.5. The van der Waals surface area contributed by atoms with Crippen LogP contribution in [-0.2, 0) is 7.05 Å². The van der Waals surface area contributed by atoms with Gasteiger partial charge in [0.2, 0.25) is 5.88 Å². The Labute approximate surface area is 185 Å². The number of nitrogens with one attached hydrogen (secondary N) is 1. The molecule has 0 bridgehead atoms. The van der Waals surface area contributed by atoms with Gasteiger partial charge in [-0.15, -0.1) is 0 Å². The number of hydrogen-bond acceptors (Lipinski definition) is 4. The summed E-state index contributed by atoms with van der Waals surface area (Å²) >= 11 is 0. The van der Waals surface area contributed by atoms with E-state index in [2.05, 4.69) is 31.3 Å². The number of para-hydroxylation sites is 1. The second-order valence-corrected chi connectivity index (χ2v) is 8.06. The summed E-state index contributed by atoms with van der Waals surface area (Å²) in [4.78, 5) is 13.5. The number of ether oxygens (including phenoxy) is 1. The number of aromatic nitrogens is 1. The topological polar surface area (TPSA) is 56.4 Å². The lowest BCUT2D eigenvalue weighted by atomic mass is 10.0. The first-order valence-corrected chi connectivity index (χ1v) is 10.5. The molecular formula is C27H24N2O3. The average Bonchev–Trinajstić information content (AvgIpc) is 3.19. The highest BCUT2D eigenvalue weighted by molar-refractivity contribution is 6.11. The Morgan fingerprint density at radius 1 is 0.969 bits per heavy atom. The molecule has 0 saturated heterocycles. The number of pyridine rings is 1. The minimum absolute atomic E-state index is 0.0954. The first kappa shape index (κ1) is 19.9. The van der Waals surface area contributed by atoms with Crippen LogP contribution < -0.4 is 15.6 Å². The van der Waals surface area contributed by atoms with Gasteiger partial charge >= 0.3 is 0 Å². The Morgan fingerprint density at radius 2 is 1.72 bits per heavy atom. The van der Waals surface area contributed by atoms with Crippen molar-refractivity contribution in [1.29, 1.82) is 0 Å². The molecule has 5 heteroatoms. The summed E-state index contributed by atoms with van der Waals surface area (Å²) in [6, 6.07) is 21.7. The normalized spacial score (nSPS) is 11.2. The molecule has 5 rings (SSSR count). The van der Waals surface area contributed by atoms with Crippen LogP contribution in [0.25, 0.3) is 33.0 Å². The molecule has 0 aliphatic heterocycles. The Hall–Kier alpha value is -3.99. The molecule has 5 nitrogen and oxygen atoms in total. The summed E-state index contributed by atoms with van der Waals surface area (Å²) in [6.07, 6.45) is 0. The van der Waals surface area contributed by atoms with Crippen LogP contribution in [0, 0.1) is 13.8 Å². The average molecular weight is 425 g/mol. The highest BCUT2D eigenvalue weighted by Gasteiger charge is 2.23. The van der Waals surface area contributed by atoms with Gasteiger partial charge in [-0.25, -0.2) is 0 Å². The van der Waals surface area contributed by atoms with E-state index in [0.717, 1.165) is 39.0 Å².